The summed E-state index contributed by atoms with van der Waals surface area (Å²) in [7, 11) is -4.34. The van der Waals surface area contributed by atoms with E-state index in [1.807, 2.05) is 0 Å². The normalized spacial score (nSPS) is 12.0. The van der Waals surface area contributed by atoms with Crippen molar-refractivity contribution in [3.63, 3.8) is 0 Å². The third-order valence-corrected chi connectivity index (χ3v) is 3.87. The molecule has 0 bridgehead atoms. The fraction of sp³-hybridized carbons (Fsp3) is 0.286. The van der Waals surface area contributed by atoms with E-state index in [0.717, 1.165) is 6.07 Å². The highest BCUT2D eigenvalue weighted by Gasteiger charge is 2.49. The van der Waals surface area contributed by atoms with Crippen LogP contribution in [0.25, 0.3) is 11.3 Å². The van der Waals surface area contributed by atoms with Gasteiger partial charge in [0.25, 0.3) is 0 Å². The third kappa shape index (κ3) is 3.94. The molecule has 6 nitrogen and oxygen atoms in total. The first kappa shape index (κ1) is 18.0. The molecule has 2 rings (SSSR count). The average molecular weight is 362 g/mol. The molecular weight excluding hydrogens is 349 g/mol. The second kappa shape index (κ2) is 6.63. The van der Waals surface area contributed by atoms with Gasteiger partial charge < -0.3 is 8.92 Å². The quantitative estimate of drug-likeness (QED) is 0.601. The molecule has 0 N–H and O–H groups in total. The molecule has 0 aliphatic heterocycles. The molecule has 0 radical (unpaired) electrons. The molecule has 0 saturated heterocycles. The van der Waals surface area contributed by atoms with E-state index in [1.165, 1.54) is 7.11 Å². The number of aryl methyl sites for hydroxylation is 1. The Bertz CT molecular complexity index is 838. The molecule has 0 atom stereocenters. The van der Waals surface area contributed by atoms with E-state index in [-0.39, 0.29) is 17.9 Å². The number of ether oxygens (including phenoxy) is 1. The van der Waals surface area contributed by atoms with E-state index < -0.39 is 21.5 Å². The molecule has 1 aromatic heterocycles. The predicted molar refractivity (Wildman–Crippen MR) is 79.0 cm³/mol. The maximum atomic E-state index is 12.5. The van der Waals surface area contributed by atoms with Crippen LogP contribution >= 0.6 is 0 Å². The van der Waals surface area contributed by atoms with Crippen molar-refractivity contribution in [2.75, 3.05) is 7.11 Å². The fourth-order valence-electron chi connectivity index (χ4n) is 1.76. The minimum atomic E-state index is -5.80. The van der Waals surface area contributed by atoms with Gasteiger partial charge in [-0.3, -0.25) is 0 Å². The van der Waals surface area contributed by atoms with Crippen molar-refractivity contribution in [3.05, 3.63) is 36.2 Å². The topological polar surface area (TPSA) is 78.4 Å². The Kier molecular flexibility index (Phi) is 4.97. The predicted octanol–water partition coefficient (Wildman–Crippen LogP) is 2.94. The van der Waals surface area contributed by atoms with Gasteiger partial charge in [-0.15, -0.1) is 0 Å². The van der Waals surface area contributed by atoms with Gasteiger partial charge >= 0.3 is 15.6 Å². The number of rotatable bonds is 5. The van der Waals surface area contributed by atoms with Crippen LogP contribution in [0.3, 0.4) is 0 Å². The summed E-state index contributed by atoms with van der Waals surface area (Å²) in [6.45, 7) is 1.67. The van der Waals surface area contributed by atoms with E-state index in [4.69, 9.17) is 4.74 Å². The number of alkyl halides is 3. The van der Waals surface area contributed by atoms with Gasteiger partial charge in [0, 0.05) is 18.1 Å². The van der Waals surface area contributed by atoms with Crippen LogP contribution in [0.15, 0.2) is 30.3 Å². The van der Waals surface area contributed by atoms with Gasteiger partial charge in [0.1, 0.15) is 11.6 Å². The smallest absolute Gasteiger partial charge is 0.497 e. The summed E-state index contributed by atoms with van der Waals surface area (Å²) in [5, 5.41) is 0. The van der Waals surface area contributed by atoms with Crippen LogP contribution < -0.4 is 8.92 Å². The fourth-order valence-corrected chi connectivity index (χ4v) is 2.17. The van der Waals surface area contributed by atoms with Crippen LogP contribution in [0.4, 0.5) is 13.2 Å². The number of hydrogen-bond acceptors (Lipinski definition) is 6. The zero-order valence-electron chi connectivity index (χ0n) is 12.7. The van der Waals surface area contributed by atoms with Gasteiger partial charge in [0.05, 0.1) is 12.8 Å². The van der Waals surface area contributed by atoms with Crippen molar-refractivity contribution in [1.82, 2.24) is 9.97 Å². The molecule has 1 heterocycles. The van der Waals surface area contributed by atoms with Crippen molar-refractivity contribution in [2.45, 2.75) is 18.9 Å². The van der Waals surface area contributed by atoms with Gasteiger partial charge in [0.15, 0.2) is 0 Å². The first-order valence-electron chi connectivity index (χ1n) is 6.69. The number of nitrogens with zero attached hydrogens (tertiary/aromatic N) is 2. The molecule has 0 aliphatic carbocycles. The number of benzene rings is 1. The van der Waals surface area contributed by atoms with Crippen LogP contribution in [0.2, 0.25) is 0 Å². The van der Waals surface area contributed by atoms with Crippen molar-refractivity contribution in [2.24, 2.45) is 0 Å². The minimum absolute atomic E-state index is 0.141. The van der Waals surface area contributed by atoms with Gasteiger partial charge in [-0.25, -0.2) is 4.98 Å². The van der Waals surface area contributed by atoms with Gasteiger partial charge in [-0.05, 0) is 12.1 Å². The molecule has 0 aliphatic rings. The van der Waals surface area contributed by atoms with Crippen molar-refractivity contribution in [1.29, 1.82) is 0 Å². The summed E-state index contributed by atoms with van der Waals surface area (Å²) in [6, 6.07) is 7.61. The highest BCUT2D eigenvalue weighted by molar-refractivity contribution is 7.87. The number of halogens is 3. The minimum Gasteiger partial charge on any atom is -0.497 e. The van der Waals surface area contributed by atoms with E-state index in [9.17, 15) is 21.6 Å². The SMILES string of the molecule is CCc1nc(OS(=O)(=O)C(F)(F)F)cc(-c2cccc(OC)c2)n1. The highest BCUT2D eigenvalue weighted by atomic mass is 32.2. The second-order valence-electron chi connectivity index (χ2n) is 4.58. The summed E-state index contributed by atoms with van der Waals surface area (Å²) < 4.78 is 68.8. The highest BCUT2D eigenvalue weighted by Crippen LogP contribution is 2.29. The third-order valence-electron chi connectivity index (χ3n) is 2.91. The van der Waals surface area contributed by atoms with Crippen LogP contribution in [0.5, 0.6) is 11.6 Å². The molecule has 2 aromatic rings. The summed E-state index contributed by atoms with van der Waals surface area (Å²) in [4.78, 5) is 7.84. The molecule has 130 valence electrons. The number of methoxy groups -OCH3 is 1. The molecule has 0 spiro atoms. The summed E-state index contributed by atoms with van der Waals surface area (Å²) >= 11 is 0. The van der Waals surface area contributed by atoms with Crippen molar-refractivity contribution in [3.8, 4) is 22.9 Å². The lowest BCUT2D eigenvalue weighted by Gasteiger charge is -2.11. The Hall–Kier alpha value is -2.36. The monoisotopic (exact) mass is 362 g/mol. The summed E-state index contributed by atoms with van der Waals surface area (Å²) in [5.41, 5.74) is -4.81. The number of hydrogen-bond donors (Lipinski definition) is 0. The summed E-state index contributed by atoms with van der Waals surface area (Å²) in [5.74, 6) is -0.0470. The van der Waals surface area contributed by atoms with E-state index in [1.54, 1.807) is 31.2 Å². The van der Waals surface area contributed by atoms with Gasteiger partial charge in [0.2, 0.25) is 5.88 Å². The van der Waals surface area contributed by atoms with Crippen LogP contribution in [-0.2, 0) is 16.5 Å². The van der Waals surface area contributed by atoms with Crippen LogP contribution in [0, 0.1) is 0 Å². The van der Waals surface area contributed by atoms with Gasteiger partial charge in [-0.1, -0.05) is 19.1 Å². The van der Waals surface area contributed by atoms with Crippen LogP contribution in [0.1, 0.15) is 12.7 Å². The van der Waals surface area contributed by atoms with E-state index >= 15 is 0 Å². The van der Waals surface area contributed by atoms with Crippen molar-refractivity contribution < 1.29 is 30.5 Å². The maximum Gasteiger partial charge on any atom is 0.534 e. The molecular formula is C14H13F3N2O4S. The van der Waals surface area contributed by atoms with Crippen molar-refractivity contribution >= 4 is 10.1 Å². The second-order valence-corrected chi connectivity index (χ2v) is 6.11. The Morgan fingerprint density at radius 3 is 2.46 bits per heavy atom. The molecule has 1 aromatic carbocycles. The molecule has 10 heteroatoms. The first-order chi connectivity index (χ1) is 11.2. The van der Waals surface area contributed by atoms with E-state index in [2.05, 4.69) is 14.2 Å². The van der Waals surface area contributed by atoms with E-state index in [0.29, 0.717) is 11.3 Å². The van der Waals surface area contributed by atoms with Gasteiger partial charge in [-0.2, -0.15) is 26.6 Å². The zero-order valence-corrected chi connectivity index (χ0v) is 13.5. The first-order valence-corrected chi connectivity index (χ1v) is 8.10. The van der Waals surface area contributed by atoms with Crippen LogP contribution in [-0.4, -0.2) is 31.0 Å². The average Bonchev–Trinajstić information content (AvgIpc) is 2.53. The molecule has 0 amide bonds. The Morgan fingerprint density at radius 2 is 1.88 bits per heavy atom. The molecule has 0 saturated carbocycles. The standard InChI is InChI=1S/C14H13F3N2O4S/c1-3-12-18-11(9-5-4-6-10(7-9)22-2)8-13(19-12)23-24(20,21)14(15,16)17/h4-8H,3H2,1-2H3. The summed E-state index contributed by atoms with van der Waals surface area (Å²) in [6.07, 6.45) is 0.278. The largest absolute Gasteiger partial charge is 0.534 e. The molecule has 24 heavy (non-hydrogen) atoms. The maximum absolute atomic E-state index is 12.5. The lowest BCUT2D eigenvalue weighted by atomic mass is 10.1. The Labute approximate surface area is 136 Å². The number of aromatic nitrogens is 2. The lowest BCUT2D eigenvalue weighted by Crippen LogP contribution is -2.28. The molecule has 0 unspecified atom stereocenters. The lowest BCUT2D eigenvalue weighted by molar-refractivity contribution is -0.0501. The molecule has 0 fully saturated rings. The zero-order chi connectivity index (χ0) is 18.0. The Morgan fingerprint density at radius 1 is 1.17 bits per heavy atom. The Balaban J connectivity index is 2.48.